The number of nitrogens with zero attached hydrogens (tertiary/aromatic N) is 2. The lowest BCUT2D eigenvalue weighted by atomic mass is 9.99. The molecule has 0 aliphatic heterocycles. The van der Waals surface area contributed by atoms with Gasteiger partial charge in [0.2, 0.25) is 0 Å². The Labute approximate surface area is 164 Å². The minimum Gasteiger partial charge on any atom is -0.478 e. The van der Waals surface area contributed by atoms with Gasteiger partial charge >= 0.3 is 5.97 Å². The minimum atomic E-state index is -0.889. The van der Waals surface area contributed by atoms with Crippen molar-refractivity contribution in [2.75, 3.05) is 0 Å². The Morgan fingerprint density at radius 3 is 2.79 bits per heavy atom. The SMILES string of the molecule is Cn1ccc2cc(Cc3ncc(C4CC4)cc3C(=O)O)cc(/C=C/C3CC3)c21. The highest BCUT2D eigenvalue weighted by atomic mass is 16.4. The van der Waals surface area contributed by atoms with Crippen molar-refractivity contribution in [3.8, 4) is 0 Å². The Morgan fingerprint density at radius 2 is 2.07 bits per heavy atom. The van der Waals surface area contributed by atoms with E-state index in [4.69, 9.17) is 0 Å². The van der Waals surface area contributed by atoms with Crippen LogP contribution in [-0.4, -0.2) is 20.6 Å². The van der Waals surface area contributed by atoms with Crippen LogP contribution in [0.15, 0.2) is 42.7 Å². The zero-order chi connectivity index (χ0) is 19.3. The number of fused-ring (bicyclic) bond motifs is 1. The summed E-state index contributed by atoms with van der Waals surface area (Å²) in [4.78, 5) is 16.4. The van der Waals surface area contributed by atoms with Crippen molar-refractivity contribution in [1.29, 1.82) is 0 Å². The average Bonchev–Trinajstić information content (AvgIpc) is 3.59. The van der Waals surface area contributed by atoms with Gasteiger partial charge in [-0.05, 0) is 78.5 Å². The molecule has 2 aliphatic carbocycles. The molecule has 0 unspecified atom stereocenters. The number of carboxylic acids is 1. The quantitative estimate of drug-likeness (QED) is 0.650. The first-order valence-electron chi connectivity index (χ1n) is 10.1. The maximum absolute atomic E-state index is 11.8. The average molecular weight is 372 g/mol. The zero-order valence-corrected chi connectivity index (χ0v) is 16.1. The molecule has 2 heterocycles. The fraction of sp³-hybridized carbons (Fsp3) is 0.333. The van der Waals surface area contributed by atoms with E-state index in [1.165, 1.54) is 29.3 Å². The first kappa shape index (κ1) is 17.2. The molecule has 28 heavy (non-hydrogen) atoms. The summed E-state index contributed by atoms with van der Waals surface area (Å²) in [5, 5.41) is 10.9. The topological polar surface area (TPSA) is 55.1 Å². The third-order valence-corrected chi connectivity index (χ3v) is 5.87. The van der Waals surface area contributed by atoms with E-state index >= 15 is 0 Å². The molecule has 0 atom stereocenters. The van der Waals surface area contributed by atoms with E-state index in [-0.39, 0.29) is 0 Å². The lowest BCUT2D eigenvalue weighted by Crippen LogP contribution is -2.07. The van der Waals surface area contributed by atoms with Crippen molar-refractivity contribution in [2.24, 2.45) is 13.0 Å². The number of hydrogen-bond acceptors (Lipinski definition) is 2. The molecule has 142 valence electrons. The van der Waals surface area contributed by atoms with Gasteiger partial charge in [-0.15, -0.1) is 0 Å². The largest absolute Gasteiger partial charge is 0.478 e. The standard InChI is InChI=1S/C24H24N2O2/c1-26-9-8-19-11-16(10-18(23(19)26)5-4-15-2-3-15)12-22-21(24(27)28)13-20(14-25-22)17-6-7-17/h4-5,8-11,13-15,17H,2-3,6-7,12H2,1H3,(H,27,28)/b5-4+. The van der Waals surface area contributed by atoms with E-state index in [2.05, 4.69) is 53.1 Å². The minimum absolute atomic E-state index is 0.340. The number of benzene rings is 1. The van der Waals surface area contributed by atoms with Crippen molar-refractivity contribution >= 4 is 22.9 Å². The molecule has 2 fully saturated rings. The summed E-state index contributed by atoms with van der Waals surface area (Å²) in [6, 6.07) is 8.29. The van der Waals surface area contributed by atoms with E-state index in [1.54, 1.807) is 0 Å². The maximum Gasteiger partial charge on any atom is 0.337 e. The molecule has 0 radical (unpaired) electrons. The number of carboxylic acid groups (broad SMARTS) is 1. The van der Waals surface area contributed by atoms with E-state index in [0.717, 1.165) is 24.0 Å². The Kier molecular flexibility index (Phi) is 4.08. The van der Waals surface area contributed by atoms with Crippen LogP contribution in [0.5, 0.6) is 0 Å². The number of rotatable bonds is 6. The smallest absolute Gasteiger partial charge is 0.337 e. The molecule has 5 rings (SSSR count). The van der Waals surface area contributed by atoms with Gasteiger partial charge in [-0.3, -0.25) is 4.98 Å². The van der Waals surface area contributed by atoms with Gasteiger partial charge in [0, 0.05) is 31.2 Å². The summed E-state index contributed by atoms with van der Waals surface area (Å²) in [7, 11) is 2.07. The lowest BCUT2D eigenvalue weighted by Gasteiger charge is -2.10. The molecule has 0 bridgehead atoms. The first-order valence-corrected chi connectivity index (χ1v) is 10.1. The molecule has 0 saturated heterocycles. The summed E-state index contributed by atoms with van der Waals surface area (Å²) in [6.45, 7) is 0. The van der Waals surface area contributed by atoms with Crippen LogP contribution in [0, 0.1) is 5.92 Å². The number of allylic oxidation sites excluding steroid dienone is 1. The van der Waals surface area contributed by atoms with Gasteiger partial charge < -0.3 is 9.67 Å². The van der Waals surface area contributed by atoms with Gasteiger partial charge in [-0.1, -0.05) is 12.2 Å². The normalized spacial score (nSPS) is 16.9. The second kappa shape index (κ2) is 6.62. The van der Waals surface area contributed by atoms with Crippen molar-refractivity contribution < 1.29 is 9.90 Å². The molecule has 2 aliphatic rings. The van der Waals surface area contributed by atoms with Gasteiger partial charge in [0.25, 0.3) is 0 Å². The Hall–Kier alpha value is -2.88. The molecule has 0 spiro atoms. The fourth-order valence-electron chi connectivity index (χ4n) is 3.97. The fourth-order valence-corrected chi connectivity index (χ4v) is 3.97. The van der Waals surface area contributed by atoms with Crippen LogP contribution >= 0.6 is 0 Å². The number of aromatic nitrogens is 2. The van der Waals surface area contributed by atoms with Crippen LogP contribution in [0.1, 0.15) is 64.3 Å². The third kappa shape index (κ3) is 3.35. The van der Waals surface area contributed by atoms with Crippen molar-refractivity contribution in [1.82, 2.24) is 9.55 Å². The number of aromatic carboxylic acids is 1. The van der Waals surface area contributed by atoms with Gasteiger partial charge in [-0.25, -0.2) is 4.79 Å². The molecule has 1 aromatic carbocycles. The summed E-state index contributed by atoms with van der Waals surface area (Å²) in [5.74, 6) is 0.327. The first-order chi connectivity index (χ1) is 13.6. The van der Waals surface area contributed by atoms with Gasteiger partial charge in [0.05, 0.1) is 16.8 Å². The van der Waals surface area contributed by atoms with E-state index in [0.29, 0.717) is 29.5 Å². The number of carbonyl (C=O) groups is 1. The molecular weight excluding hydrogens is 348 g/mol. The van der Waals surface area contributed by atoms with E-state index in [1.807, 2.05) is 12.3 Å². The highest BCUT2D eigenvalue weighted by Gasteiger charge is 2.26. The highest BCUT2D eigenvalue weighted by molar-refractivity contribution is 5.90. The maximum atomic E-state index is 11.8. The summed E-state index contributed by atoms with van der Waals surface area (Å²) in [5.41, 5.74) is 5.56. The third-order valence-electron chi connectivity index (χ3n) is 5.87. The summed E-state index contributed by atoms with van der Waals surface area (Å²) in [6.07, 6.45) is 13.9. The second-order valence-electron chi connectivity index (χ2n) is 8.27. The molecule has 2 aromatic heterocycles. The summed E-state index contributed by atoms with van der Waals surface area (Å²) >= 11 is 0. The number of pyridine rings is 1. The number of hydrogen-bond donors (Lipinski definition) is 1. The van der Waals surface area contributed by atoms with Crippen LogP contribution in [0.25, 0.3) is 17.0 Å². The van der Waals surface area contributed by atoms with Gasteiger partial charge in [0.1, 0.15) is 0 Å². The van der Waals surface area contributed by atoms with E-state index in [9.17, 15) is 9.90 Å². The lowest BCUT2D eigenvalue weighted by molar-refractivity contribution is 0.0695. The van der Waals surface area contributed by atoms with Crippen LogP contribution < -0.4 is 0 Å². The molecular formula is C24H24N2O2. The van der Waals surface area contributed by atoms with Crippen LogP contribution in [0.2, 0.25) is 0 Å². The van der Waals surface area contributed by atoms with Gasteiger partial charge in [-0.2, -0.15) is 0 Å². The Balaban J connectivity index is 1.53. The van der Waals surface area contributed by atoms with Crippen LogP contribution in [0.4, 0.5) is 0 Å². The Bertz CT molecular complexity index is 1100. The summed E-state index contributed by atoms with van der Waals surface area (Å²) < 4.78 is 2.15. The molecule has 2 saturated carbocycles. The number of aryl methyl sites for hydroxylation is 1. The predicted octanol–water partition coefficient (Wildman–Crippen LogP) is 5.16. The monoisotopic (exact) mass is 372 g/mol. The molecule has 4 nitrogen and oxygen atoms in total. The predicted molar refractivity (Wildman–Crippen MR) is 111 cm³/mol. The van der Waals surface area contributed by atoms with Crippen molar-refractivity contribution in [3.05, 3.63) is 70.7 Å². The van der Waals surface area contributed by atoms with Crippen molar-refractivity contribution in [2.45, 2.75) is 38.0 Å². The van der Waals surface area contributed by atoms with Crippen molar-refractivity contribution in [3.63, 3.8) is 0 Å². The molecule has 1 N–H and O–H groups in total. The zero-order valence-electron chi connectivity index (χ0n) is 16.1. The van der Waals surface area contributed by atoms with Gasteiger partial charge in [0.15, 0.2) is 0 Å². The van der Waals surface area contributed by atoms with E-state index < -0.39 is 5.97 Å². The molecule has 0 amide bonds. The van der Waals surface area contributed by atoms with Crippen LogP contribution in [0.3, 0.4) is 0 Å². The highest BCUT2D eigenvalue weighted by Crippen LogP contribution is 2.40. The van der Waals surface area contributed by atoms with Crippen LogP contribution in [-0.2, 0) is 13.5 Å². The molecule has 3 aromatic rings. The Morgan fingerprint density at radius 1 is 1.25 bits per heavy atom. The second-order valence-corrected chi connectivity index (χ2v) is 8.27. The molecule has 4 heteroatoms.